The minimum absolute atomic E-state index is 0.239. The molecule has 0 amide bonds. The topological polar surface area (TPSA) is 52.0 Å². The van der Waals surface area contributed by atoms with Crippen molar-refractivity contribution in [3.63, 3.8) is 0 Å². The van der Waals surface area contributed by atoms with Gasteiger partial charge in [-0.15, -0.1) is 10.2 Å². The molecule has 1 fully saturated rings. The Morgan fingerprint density at radius 2 is 2.35 bits per heavy atom. The molecule has 0 aromatic carbocycles. The van der Waals surface area contributed by atoms with Gasteiger partial charge in [-0.1, -0.05) is 0 Å². The molecule has 0 spiro atoms. The molecular weight excluding hydrogens is 216 g/mol. The zero-order chi connectivity index (χ0) is 12.3. The number of aromatic nitrogens is 3. The summed E-state index contributed by atoms with van der Waals surface area (Å²) in [5, 5.41) is 11.7. The van der Waals surface area contributed by atoms with Gasteiger partial charge < -0.3 is 14.6 Å². The van der Waals surface area contributed by atoms with Crippen LogP contribution in [0.2, 0.25) is 0 Å². The molecule has 1 aromatic rings. The minimum atomic E-state index is 0.239. The Kier molecular flexibility index (Phi) is 4.12. The number of hydrogen-bond donors (Lipinski definition) is 1. The van der Waals surface area contributed by atoms with Crippen LogP contribution < -0.4 is 5.32 Å². The molecule has 1 N–H and O–H groups in total. The van der Waals surface area contributed by atoms with Crippen LogP contribution in [0.1, 0.15) is 44.5 Å². The van der Waals surface area contributed by atoms with Crippen molar-refractivity contribution in [1.82, 2.24) is 20.1 Å². The molecule has 17 heavy (non-hydrogen) atoms. The first-order valence-corrected chi connectivity index (χ1v) is 6.33. The average molecular weight is 238 g/mol. The number of hydrogen-bond acceptors (Lipinski definition) is 4. The van der Waals surface area contributed by atoms with Crippen molar-refractivity contribution in [2.75, 3.05) is 7.11 Å². The Hall–Kier alpha value is -0.940. The van der Waals surface area contributed by atoms with E-state index in [2.05, 4.69) is 22.4 Å². The molecule has 3 atom stereocenters. The van der Waals surface area contributed by atoms with Crippen molar-refractivity contribution in [2.45, 2.75) is 50.8 Å². The van der Waals surface area contributed by atoms with Crippen molar-refractivity contribution in [3.05, 3.63) is 12.2 Å². The van der Waals surface area contributed by atoms with E-state index in [1.54, 1.807) is 13.4 Å². The van der Waals surface area contributed by atoms with Crippen LogP contribution in [-0.2, 0) is 11.8 Å². The summed E-state index contributed by atoms with van der Waals surface area (Å²) in [5.41, 5.74) is 0. The van der Waals surface area contributed by atoms with E-state index < -0.39 is 0 Å². The summed E-state index contributed by atoms with van der Waals surface area (Å²) in [4.78, 5) is 0. The minimum Gasteiger partial charge on any atom is -0.381 e. The van der Waals surface area contributed by atoms with Crippen molar-refractivity contribution in [3.8, 4) is 0 Å². The summed E-state index contributed by atoms with van der Waals surface area (Å²) < 4.78 is 7.41. The second-order valence-electron chi connectivity index (χ2n) is 4.91. The lowest BCUT2D eigenvalue weighted by molar-refractivity contribution is 0.0570. The molecule has 1 aliphatic carbocycles. The van der Waals surface area contributed by atoms with Crippen LogP contribution in [-0.4, -0.2) is 34.0 Å². The van der Waals surface area contributed by atoms with Crippen LogP contribution in [0.3, 0.4) is 0 Å². The fraction of sp³-hybridized carbons (Fsp3) is 0.833. The molecule has 5 nitrogen and oxygen atoms in total. The summed E-state index contributed by atoms with van der Waals surface area (Å²) in [7, 11) is 3.78. The van der Waals surface area contributed by atoms with Gasteiger partial charge in [-0.05, 0) is 32.6 Å². The predicted molar refractivity (Wildman–Crippen MR) is 65.6 cm³/mol. The van der Waals surface area contributed by atoms with Gasteiger partial charge in [-0.25, -0.2) is 0 Å². The van der Waals surface area contributed by atoms with Crippen molar-refractivity contribution in [1.29, 1.82) is 0 Å². The summed E-state index contributed by atoms with van der Waals surface area (Å²) >= 11 is 0. The zero-order valence-corrected chi connectivity index (χ0v) is 10.9. The number of methoxy groups -OCH3 is 1. The molecule has 0 radical (unpaired) electrons. The van der Waals surface area contributed by atoms with Crippen LogP contribution in [0.25, 0.3) is 0 Å². The SMILES string of the molecule is COC1CCCC(NC(C)c2nncn2C)C1. The molecule has 96 valence electrons. The van der Waals surface area contributed by atoms with E-state index in [-0.39, 0.29) is 6.04 Å². The van der Waals surface area contributed by atoms with Crippen molar-refractivity contribution < 1.29 is 4.74 Å². The van der Waals surface area contributed by atoms with Gasteiger partial charge in [-0.2, -0.15) is 0 Å². The maximum atomic E-state index is 5.44. The second kappa shape index (κ2) is 5.60. The van der Waals surface area contributed by atoms with E-state index in [0.717, 1.165) is 12.2 Å². The van der Waals surface area contributed by atoms with E-state index >= 15 is 0 Å². The van der Waals surface area contributed by atoms with Crippen molar-refractivity contribution in [2.24, 2.45) is 7.05 Å². The number of nitrogens with one attached hydrogen (secondary N) is 1. The van der Waals surface area contributed by atoms with Gasteiger partial charge in [-0.3, -0.25) is 0 Å². The Bertz CT molecular complexity index is 352. The molecule has 1 aromatic heterocycles. The largest absolute Gasteiger partial charge is 0.381 e. The highest BCUT2D eigenvalue weighted by molar-refractivity contribution is 4.94. The lowest BCUT2D eigenvalue weighted by Gasteiger charge is -2.30. The molecule has 1 heterocycles. The van der Waals surface area contributed by atoms with Crippen molar-refractivity contribution >= 4 is 0 Å². The fourth-order valence-electron chi connectivity index (χ4n) is 2.62. The van der Waals surface area contributed by atoms with E-state index in [4.69, 9.17) is 4.74 Å². The molecule has 0 saturated heterocycles. The van der Waals surface area contributed by atoms with E-state index in [0.29, 0.717) is 12.1 Å². The third kappa shape index (κ3) is 3.04. The summed E-state index contributed by atoms with van der Waals surface area (Å²) in [5.74, 6) is 0.990. The number of rotatable bonds is 4. The van der Waals surface area contributed by atoms with Gasteiger partial charge in [0.25, 0.3) is 0 Å². The number of ether oxygens (including phenoxy) is 1. The molecular formula is C12H22N4O. The summed E-state index contributed by atoms with van der Waals surface area (Å²) in [6.45, 7) is 2.14. The van der Waals surface area contributed by atoms with Gasteiger partial charge in [0, 0.05) is 20.2 Å². The maximum Gasteiger partial charge on any atom is 0.149 e. The first-order valence-electron chi connectivity index (χ1n) is 6.33. The first kappa shape index (κ1) is 12.5. The number of nitrogens with zero attached hydrogens (tertiary/aromatic N) is 3. The third-order valence-electron chi connectivity index (χ3n) is 3.58. The standard InChI is InChI=1S/C12H22N4O/c1-9(12-15-13-8-16(12)2)14-10-5-4-6-11(7-10)17-3/h8-11,14H,4-7H2,1-3H3. The summed E-state index contributed by atoms with van der Waals surface area (Å²) in [6.07, 6.45) is 6.90. The molecule has 0 bridgehead atoms. The maximum absolute atomic E-state index is 5.44. The Morgan fingerprint density at radius 3 is 3.00 bits per heavy atom. The van der Waals surface area contributed by atoms with Gasteiger partial charge >= 0.3 is 0 Å². The molecule has 2 rings (SSSR count). The van der Waals surface area contributed by atoms with E-state index in [9.17, 15) is 0 Å². The molecule has 5 heteroatoms. The van der Waals surface area contributed by atoms with Crippen LogP contribution in [0, 0.1) is 0 Å². The number of aryl methyl sites for hydroxylation is 1. The normalized spacial score (nSPS) is 27.0. The van der Waals surface area contributed by atoms with Gasteiger partial charge in [0.2, 0.25) is 0 Å². The Labute approximate surface area is 103 Å². The van der Waals surface area contributed by atoms with Crippen LogP contribution in [0.4, 0.5) is 0 Å². The molecule has 1 saturated carbocycles. The quantitative estimate of drug-likeness (QED) is 0.862. The van der Waals surface area contributed by atoms with Gasteiger partial charge in [0.05, 0.1) is 12.1 Å². The van der Waals surface area contributed by atoms with Gasteiger partial charge in [0.1, 0.15) is 12.2 Å². The second-order valence-corrected chi connectivity index (χ2v) is 4.91. The molecule has 1 aliphatic rings. The van der Waals surface area contributed by atoms with E-state index in [1.807, 2.05) is 11.6 Å². The van der Waals surface area contributed by atoms with E-state index in [1.165, 1.54) is 19.3 Å². The highest BCUT2D eigenvalue weighted by Gasteiger charge is 2.24. The van der Waals surface area contributed by atoms with Crippen LogP contribution in [0.15, 0.2) is 6.33 Å². The first-order chi connectivity index (χ1) is 8.20. The third-order valence-corrected chi connectivity index (χ3v) is 3.58. The lowest BCUT2D eigenvalue weighted by Crippen LogP contribution is -2.38. The molecule has 3 unspecified atom stereocenters. The lowest BCUT2D eigenvalue weighted by atomic mass is 9.92. The predicted octanol–water partition coefficient (Wildman–Crippen LogP) is 1.42. The monoisotopic (exact) mass is 238 g/mol. The summed E-state index contributed by atoms with van der Waals surface area (Å²) in [6, 6.07) is 0.767. The smallest absolute Gasteiger partial charge is 0.149 e. The Morgan fingerprint density at radius 1 is 1.53 bits per heavy atom. The fourth-order valence-corrected chi connectivity index (χ4v) is 2.62. The van der Waals surface area contributed by atoms with Gasteiger partial charge in [0.15, 0.2) is 0 Å². The zero-order valence-electron chi connectivity index (χ0n) is 10.9. The Balaban J connectivity index is 1.90. The molecule has 0 aliphatic heterocycles. The average Bonchev–Trinajstić information content (AvgIpc) is 2.76. The van der Waals surface area contributed by atoms with Crippen LogP contribution >= 0.6 is 0 Å². The highest BCUT2D eigenvalue weighted by atomic mass is 16.5. The highest BCUT2D eigenvalue weighted by Crippen LogP contribution is 2.22. The van der Waals surface area contributed by atoms with Crippen LogP contribution in [0.5, 0.6) is 0 Å².